The van der Waals surface area contributed by atoms with E-state index in [4.69, 9.17) is 13.8 Å². The summed E-state index contributed by atoms with van der Waals surface area (Å²) in [5.74, 6) is 1.82. The molecular formula is C16H23N5O4. The molecule has 2 amide bonds. The minimum atomic E-state index is -0.178. The lowest BCUT2D eigenvalue weighted by atomic mass is 10.2. The summed E-state index contributed by atoms with van der Waals surface area (Å²) in [7, 11) is 1.73. The summed E-state index contributed by atoms with van der Waals surface area (Å²) in [4.78, 5) is 18.1. The standard InChI is InChI=1S/C16H23N5O4/c1-10-12(11(2)24-19-10)9-21(3)16(22)17-7-6-14-18-15(25-20-14)13-5-4-8-23-13/h13H,4-9H2,1-3H3,(H,17,22). The molecule has 0 aliphatic carbocycles. The van der Waals surface area contributed by atoms with Gasteiger partial charge in [-0.15, -0.1) is 0 Å². The number of urea groups is 1. The van der Waals surface area contributed by atoms with E-state index in [2.05, 4.69) is 20.6 Å². The van der Waals surface area contributed by atoms with Crippen LogP contribution in [0.15, 0.2) is 9.05 Å². The molecule has 9 nitrogen and oxygen atoms in total. The highest BCUT2D eigenvalue weighted by atomic mass is 16.5. The number of nitrogens with zero attached hydrogens (tertiary/aromatic N) is 4. The summed E-state index contributed by atoms with van der Waals surface area (Å²) in [5, 5.41) is 10.7. The lowest BCUT2D eigenvalue weighted by Gasteiger charge is -2.17. The monoisotopic (exact) mass is 349 g/mol. The van der Waals surface area contributed by atoms with Crippen LogP contribution in [0.3, 0.4) is 0 Å². The number of aryl methyl sites for hydroxylation is 2. The molecule has 136 valence electrons. The van der Waals surface area contributed by atoms with Gasteiger partial charge >= 0.3 is 6.03 Å². The van der Waals surface area contributed by atoms with Crippen LogP contribution in [0.1, 0.15) is 47.7 Å². The summed E-state index contributed by atoms with van der Waals surface area (Å²) in [6.07, 6.45) is 2.33. The summed E-state index contributed by atoms with van der Waals surface area (Å²) < 4.78 is 15.8. The lowest BCUT2D eigenvalue weighted by molar-refractivity contribution is 0.0835. The maximum absolute atomic E-state index is 12.2. The Morgan fingerprint density at radius 1 is 1.32 bits per heavy atom. The Morgan fingerprint density at radius 3 is 2.84 bits per heavy atom. The Labute approximate surface area is 145 Å². The molecule has 9 heteroatoms. The molecule has 25 heavy (non-hydrogen) atoms. The third kappa shape index (κ3) is 4.16. The van der Waals surface area contributed by atoms with Gasteiger partial charge in [0.2, 0.25) is 0 Å². The van der Waals surface area contributed by atoms with Crippen LogP contribution < -0.4 is 5.32 Å². The van der Waals surface area contributed by atoms with Crippen LogP contribution in [-0.4, -0.2) is 46.4 Å². The fraction of sp³-hybridized carbons (Fsp3) is 0.625. The molecule has 1 unspecified atom stereocenters. The van der Waals surface area contributed by atoms with Crippen LogP contribution in [0.25, 0.3) is 0 Å². The first kappa shape index (κ1) is 17.4. The number of aromatic nitrogens is 3. The molecule has 1 N–H and O–H groups in total. The Balaban J connectivity index is 1.44. The second-order valence-electron chi connectivity index (χ2n) is 6.19. The molecule has 1 saturated heterocycles. The van der Waals surface area contributed by atoms with Crippen molar-refractivity contribution in [1.82, 2.24) is 25.5 Å². The average Bonchev–Trinajstić information content (AvgIpc) is 3.32. The quantitative estimate of drug-likeness (QED) is 0.849. The highest BCUT2D eigenvalue weighted by Crippen LogP contribution is 2.26. The van der Waals surface area contributed by atoms with Crippen molar-refractivity contribution in [3.05, 3.63) is 28.7 Å². The molecule has 0 aromatic carbocycles. The second kappa shape index (κ2) is 7.64. The molecule has 0 bridgehead atoms. The molecule has 0 saturated carbocycles. The van der Waals surface area contributed by atoms with Gasteiger partial charge in [0.25, 0.3) is 5.89 Å². The Bertz CT molecular complexity index is 700. The van der Waals surface area contributed by atoms with Crippen molar-refractivity contribution < 1.29 is 18.6 Å². The van der Waals surface area contributed by atoms with E-state index in [-0.39, 0.29) is 12.1 Å². The van der Waals surface area contributed by atoms with Gasteiger partial charge in [-0.05, 0) is 26.7 Å². The van der Waals surface area contributed by atoms with Crippen molar-refractivity contribution in [3.63, 3.8) is 0 Å². The number of hydrogen-bond donors (Lipinski definition) is 1. The van der Waals surface area contributed by atoms with Gasteiger partial charge in [-0.1, -0.05) is 10.3 Å². The predicted molar refractivity (Wildman–Crippen MR) is 86.8 cm³/mol. The van der Waals surface area contributed by atoms with Gasteiger partial charge in [0.1, 0.15) is 11.9 Å². The summed E-state index contributed by atoms with van der Waals surface area (Å²) in [6.45, 7) is 5.30. The van der Waals surface area contributed by atoms with E-state index in [0.29, 0.717) is 31.2 Å². The van der Waals surface area contributed by atoms with E-state index in [1.807, 2.05) is 13.8 Å². The first-order chi connectivity index (χ1) is 12.0. The molecule has 2 aromatic rings. The van der Waals surface area contributed by atoms with E-state index < -0.39 is 0 Å². The number of amides is 2. The van der Waals surface area contributed by atoms with Crippen LogP contribution in [-0.2, 0) is 17.7 Å². The largest absolute Gasteiger partial charge is 0.368 e. The van der Waals surface area contributed by atoms with Crippen molar-refractivity contribution >= 4 is 6.03 Å². The normalized spacial score (nSPS) is 17.0. The highest BCUT2D eigenvalue weighted by Gasteiger charge is 2.23. The smallest absolute Gasteiger partial charge is 0.317 e. The van der Waals surface area contributed by atoms with Crippen molar-refractivity contribution in [1.29, 1.82) is 0 Å². The fourth-order valence-corrected chi connectivity index (χ4v) is 2.73. The minimum absolute atomic E-state index is 0.0861. The van der Waals surface area contributed by atoms with E-state index in [9.17, 15) is 4.79 Å². The molecule has 0 spiro atoms. The van der Waals surface area contributed by atoms with E-state index in [1.54, 1.807) is 11.9 Å². The molecule has 2 aromatic heterocycles. The number of carbonyl (C=O) groups is 1. The number of hydrogen-bond acceptors (Lipinski definition) is 7. The van der Waals surface area contributed by atoms with Crippen LogP contribution in [0.5, 0.6) is 0 Å². The Hall–Kier alpha value is -2.42. The van der Waals surface area contributed by atoms with Crippen LogP contribution in [0.2, 0.25) is 0 Å². The zero-order valence-electron chi connectivity index (χ0n) is 14.7. The van der Waals surface area contributed by atoms with Crippen LogP contribution in [0.4, 0.5) is 4.79 Å². The van der Waals surface area contributed by atoms with Crippen molar-refractivity contribution in [3.8, 4) is 0 Å². The molecule has 1 aliphatic heterocycles. The molecule has 3 heterocycles. The van der Waals surface area contributed by atoms with E-state index in [1.165, 1.54) is 0 Å². The van der Waals surface area contributed by atoms with Crippen molar-refractivity contribution in [2.24, 2.45) is 0 Å². The topological polar surface area (TPSA) is 107 Å². The maximum atomic E-state index is 12.2. The summed E-state index contributed by atoms with van der Waals surface area (Å²) in [6, 6.07) is -0.178. The van der Waals surface area contributed by atoms with Crippen LogP contribution >= 0.6 is 0 Å². The molecule has 0 radical (unpaired) electrons. The lowest BCUT2D eigenvalue weighted by Crippen LogP contribution is -2.38. The van der Waals surface area contributed by atoms with E-state index >= 15 is 0 Å². The van der Waals surface area contributed by atoms with Gasteiger partial charge < -0.3 is 24.0 Å². The highest BCUT2D eigenvalue weighted by molar-refractivity contribution is 5.73. The zero-order chi connectivity index (χ0) is 17.8. The van der Waals surface area contributed by atoms with Gasteiger partial charge in [-0.2, -0.15) is 4.98 Å². The maximum Gasteiger partial charge on any atom is 0.317 e. The zero-order valence-corrected chi connectivity index (χ0v) is 14.7. The Kier molecular flexibility index (Phi) is 5.32. The molecule has 3 rings (SSSR count). The molecular weight excluding hydrogens is 326 g/mol. The number of ether oxygens (including phenoxy) is 1. The van der Waals surface area contributed by atoms with E-state index in [0.717, 1.165) is 36.5 Å². The minimum Gasteiger partial charge on any atom is -0.368 e. The van der Waals surface area contributed by atoms with Gasteiger partial charge in [0.05, 0.1) is 12.2 Å². The summed E-state index contributed by atoms with van der Waals surface area (Å²) in [5.41, 5.74) is 1.72. The van der Waals surface area contributed by atoms with Gasteiger partial charge in [-0.3, -0.25) is 0 Å². The first-order valence-corrected chi connectivity index (χ1v) is 8.39. The summed E-state index contributed by atoms with van der Waals surface area (Å²) >= 11 is 0. The number of nitrogens with one attached hydrogen (secondary N) is 1. The number of carbonyl (C=O) groups excluding carboxylic acids is 1. The number of rotatable bonds is 6. The SMILES string of the molecule is Cc1noc(C)c1CN(C)C(=O)NCCc1noc(C2CCCO2)n1. The predicted octanol–water partition coefficient (Wildman–Crippen LogP) is 1.91. The molecule has 1 fully saturated rings. The third-order valence-corrected chi connectivity index (χ3v) is 4.24. The van der Waals surface area contributed by atoms with Gasteiger partial charge in [0.15, 0.2) is 5.82 Å². The van der Waals surface area contributed by atoms with Gasteiger partial charge in [-0.25, -0.2) is 4.79 Å². The van der Waals surface area contributed by atoms with Crippen LogP contribution in [0, 0.1) is 13.8 Å². The molecule has 1 atom stereocenters. The third-order valence-electron chi connectivity index (χ3n) is 4.24. The Morgan fingerprint density at radius 2 is 2.16 bits per heavy atom. The fourth-order valence-electron chi connectivity index (χ4n) is 2.73. The van der Waals surface area contributed by atoms with Crippen molar-refractivity contribution in [2.45, 2.75) is 45.8 Å². The second-order valence-corrected chi connectivity index (χ2v) is 6.19. The first-order valence-electron chi connectivity index (χ1n) is 8.39. The average molecular weight is 349 g/mol. The van der Waals surface area contributed by atoms with Gasteiger partial charge in [0, 0.05) is 32.2 Å². The van der Waals surface area contributed by atoms with Crippen molar-refractivity contribution in [2.75, 3.05) is 20.2 Å². The molecule has 1 aliphatic rings.